The second-order valence-electron chi connectivity index (χ2n) is 21.0. The van der Waals surface area contributed by atoms with Gasteiger partial charge in [0.15, 0.2) is 27.8 Å². The van der Waals surface area contributed by atoms with E-state index in [0.717, 1.165) is 60.4 Å². The lowest BCUT2D eigenvalue weighted by molar-refractivity contribution is 0.955. The van der Waals surface area contributed by atoms with Gasteiger partial charge in [-0.2, -0.15) is 9.97 Å². The minimum Gasteiger partial charge on any atom is -0.309 e. The van der Waals surface area contributed by atoms with Crippen molar-refractivity contribution in [3.63, 3.8) is 0 Å². The second-order valence-corrected chi connectivity index (χ2v) is 28.6. The minimum atomic E-state index is -2.83. The van der Waals surface area contributed by atoms with Crippen LogP contribution in [0.1, 0.15) is 0 Å². The molecule has 0 saturated heterocycles. The largest absolute Gasteiger partial charge is 0.309 e. The SMILES string of the molecule is c1ccc(-n2c3ccccc3c3c2ccc2c4ccccc4n(-c4nc(-c5ccc([Si](c6ccccc6)(c6ccccc6)c6ccccc6)cc5)nc(-c5ccc([Si](c6ccccc6)(c6ccccc6)c6ccccc6)cc5)n4)c23)cc1. The fourth-order valence-corrected chi connectivity index (χ4v) is 22.7. The number of nitrogens with zero attached hydrogens (tertiary/aromatic N) is 5. The predicted molar refractivity (Wildman–Crippen MR) is 347 cm³/mol. The maximum atomic E-state index is 5.62. The number of fused-ring (bicyclic) bond motifs is 7. The molecule has 0 aliphatic carbocycles. The fraction of sp³-hybridized carbons (Fsp3) is 0. The summed E-state index contributed by atoms with van der Waals surface area (Å²) in [5, 5.41) is 15.0. The summed E-state index contributed by atoms with van der Waals surface area (Å²) in [5.74, 6) is 1.73. The summed E-state index contributed by atoms with van der Waals surface area (Å²) in [6.45, 7) is 0. The van der Waals surface area contributed by atoms with Crippen LogP contribution in [-0.2, 0) is 0 Å². The van der Waals surface area contributed by atoms with Crippen LogP contribution in [0.15, 0.2) is 322 Å². The third-order valence-electron chi connectivity index (χ3n) is 16.7. The van der Waals surface area contributed by atoms with Gasteiger partial charge in [0.05, 0.1) is 22.1 Å². The summed E-state index contributed by atoms with van der Waals surface area (Å²) in [6.07, 6.45) is 0. The first-order chi connectivity index (χ1) is 40.7. The molecule has 0 atom stereocenters. The highest BCUT2D eigenvalue weighted by Gasteiger charge is 2.43. The molecular formula is C75H53N5Si2. The van der Waals surface area contributed by atoms with E-state index in [0.29, 0.717) is 17.6 Å². The highest BCUT2D eigenvalue weighted by atomic mass is 28.3. The number of aromatic nitrogens is 5. The van der Waals surface area contributed by atoms with Crippen LogP contribution in [0.3, 0.4) is 0 Å². The molecule has 0 unspecified atom stereocenters. The number of rotatable bonds is 12. The Bertz CT molecular complexity index is 4370. The molecule has 0 aliphatic heterocycles. The average molecular weight is 1080 g/mol. The molecule has 0 fully saturated rings. The predicted octanol–water partition coefficient (Wildman–Crippen LogP) is 12.2. The number of para-hydroxylation sites is 3. The Hall–Kier alpha value is -10.3. The lowest BCUT2D eigenvalue weighted by atomic mass is 10.1. The van der Waals surface area contributed by atoms with Crippen LogP contribution in [0.25, 0.3) is 78.0 Å². The van der Waals surface area contributed by atoms with Crippen LogP contribution in [0, 0.1) is 0 Å². The van der Waals surface area contributed by atoms with Gasteiger partial charge in [0.25, 0.3) is 0 Å². The molecule has 0 amide bonds. The van der Waals surface area contributed by atoms with Crippen LogP contribution < -0.4 is 41.5 Å². The Morgan fingerprint density at radius 2 is 0.561 bits per heavy atom. The molecule has 0 radical (unpaired) electrons. The van der Waals surface area contributed by atoms with E-state index in [4.69, 9.17) is 15.0 Å². The van der Waals surface area contributed by atoms with Gasteiger partial charge in [-0.1, -0.05) is 291 Å². The Kier molecular flexibility index (Phi) is 12.1. The van der Waals surface area contributed by atoms with Gasteiger partial charge in [0.2, 0.25) is 5.95 Å². The smallest absolute Gasteiger partial charge is 0.238 e. The molecule has 5 nitrogen and oxygen atoms in total. The maximum absolute atomic E-state index is 5.62. The molecule has 0 bridgehead atoms. The van der Waals surface area contributed by atoms with Crippen LogP contribution in [0.5, 0.6) is 0 Å². The van der Waals surface area contributed by atoms with E-state index in [1.54, 1.807) is 0 Å². The summed E-state index contributed by atoms with van der Waals surface area (Å²) in [5.41, 5.74) is 7.21. The van der Waals surface area contributed by atoms with Crippen LogP contribution in [0.2, 0.25) is 0 Å². The zero-order valence-electron chi connectivity index (χ0n) is 44.8. The molecule has 0 aliphatic rings. The van der Waals surface area contributed by atoms with Crippen molar-refractivity contribution >= 4 is 101 Å². The molecular weight excluding hydrogens is 1030 g/mol. The van der Waals surface area contributed by atoms with E-state index in [-0.39, 0.29) is 0 Å². The highest BCUT2D eigenvalue weighted by Crippen LogP contribution is 2.42. The summed E-state index contributed by atoms with van der Waals surface area (Å²) >= 11 is 0. The Labute approximate surface area is 478 Å². The van der Waals surface area contributed by atoms with Crippen molar-refractivity contribution in [2.75, 3.05) is 0 Å². The van der Waals surface area contributed by atoms with Crippen molar-refractivity contribution in [3.05, 3.63) is 322 Å². The van der Waals surface area contributed by atoms with E-state index in [1.165, 1.54) is 41.5 Å². The number of benzene rings is 12. The van der Waals surface area contributed by atoms with Gasteiger partial charge in [0.1, 0.15) is 0 Å². The average Bonchev–Trinajstić information content (AvgIpc) is 3.41. The van der Waals surface area contributed by atoms with E-state index < -0.39 is 16.1 Å². The van der Waals surface area contributed by atoms with Crippen molar-refractivity contribution in [2.24, 2.45) is 0 Å². The van der Waals surface area contributed by atoms with Gasteiger partial charge in [-0.15, -0.1) is 0 Å². The van der Waals surface area contributed by atoms with Crippen molar-refractivity contribution in [1.82, 2.24) is 24.1 Å². The van der Waals surface area contributed by atoms with Gasteiger partial charge in [-0.3, -0.25) is 4.57 Å². The van der Waals surface area contributed by atoms with Crippen molar-refractivity contribution in [3.8, 4) is 34.4 Å². The molecule has 12 aromatic carbocycles. The molecule has 15 aromatic rings. The molecule has 0 saturated carbocycles. The molecule has 0 N–H and O–H groups in total. The first-order valence-electron chi connectivity index (χ1n) is 28.0. The molecule has 0 spiro atoms. The fourth-order valence-electron chi connectivity index (χ4n) is 13.2. The van der Waals surface area contributed by atoms with E-state index >= 15 is 0 Å². The van der Waals surface area contributed by atoms with E-state index in [9.17, 15) is 0 Å². The third-order valence-corrected chi connectivity index (χ3v) is 26.3. The van der Waals surface area contributed by atoms with Crippen molar-refractivity contribution in [2.45, 2.75) is 0 Å². The van der Waals surface area contributed by atoms with Crippen LogP contribution in [-0.4, -0.2) is 40.2 Å². The minimum absolute atomic E-state index is 0.548. The summed E-state index contributed by atoms with van der Waals surface area (Å²) < 4.78 is 4.68. The topological polar surface area (TPSA) is 48.5 Å². The standard InChI is InChI=1S/C75H53N5Si2/c1-8-26-56(27-9-1)79-69-43-25-23-41-67(69)71-70(79)53-52-66-65-40-22-24-42-68(65)80(72(66)71)75-77-73(54-44-48-63(49-45-54)81(57-28-10-2-11-29-57,58-30-12-3-13-31-58)59-32-14-4-15-33-59)76-74(78-75)55-46-50-64(51-47-55)82(60-34-16-5-17-35-60,61-36-18-6-19-37-61)62-38-20-7-21-39-62/h1-53H. The van der Waals surface area contributed by atoms with Gasteiger partial charge in [-0.25, -0.2) is 4.98 Å². The van der Waals surface area contributed by atoms with E-state index in [2.05, 4.69) is 331 Å². The van der Waals surface area contributed by atoms with Gasteiger partial charge in [0, 0.05) is 38.4 Å². The van der Waals surface area contributed by atoms with Crippen LogP contribution >= 0.6 is 0 Å². The molecule has 7 heteroatoms. The molecule has 386 valence electrons. The lowest BCUT2D eigenvalue weighted by Crippen LogP contribution is -2.74. The third kappa shape index (κ3) is 7.85. The highest BCUT2D eigenvalue weighted by molar-refractivity contribution is 7.20. The van der Waals surface area contributed by atoms with Gasteiger partial charge in [-0.05, 0) is 71.8 Å². The second kappa shape index (κ2) is 20.4. The molecule has 3 heterocycles. The van der Waals surface area contributed by atoms with Crippen molar-refractivity contribution in [1.29, 1.82) is 0 Å². The summed E-state index contributed by atoms with van der Waals surface area (Å²) in [6, 6.07) is 117. The molecule has 82 heavy (non-hydrogen) atoms. The van der Waals surface area contributed by atoms with Crippen molar-refractivity contribution < 1.29 is 0 Å². The van der Waals surface area contributed by atoms with Crippen LogP contribution in [0.4, 0.5) is 0 Å². The summed E-state index contributed by atoms with van der Waals surface area (Å²) in [4.78, 5) is 16.8. The Balaban J connectivity index is 0.980. The van der Waals surface area contributed by atoms with Gasteiger partial charge >= 0.3 is 0 Å². The first-order valence-corrected chi connectivity index (χ1v) is 32.0. The summed E-state index contributed by atoms with van der Waals surface area (Å²) in [7, 11) is -5.65. The molecule has 3 aromatic heterocycles. The molecule has 15 rings (SSSR count). The quantitative estimate of drug-likeness (QED) is 0.0905. The Morgan fingerprint density at radius 1 is 0.232 bits per heavy atom. The lowest BCUT2D eigenvalue weighted by Gasteiger charge is -2.34. The number of hydrogen-bond donors (Lipinski definition) is 0. The zero-order chi connectivity index (χ0) is 54.5. The zero-order valence-corrected chi connectivity index (χ0v) is 46.8. The monoisotopic (exact) mass is 1080 g/mol. The normalized spacial score (nSPS) is 11.9. The first kappa shape index (κ1) is 48.8. The van der Waals surface area contributed by atoms with E-state index in [1.807, 2.05) is 0 Å². The number of hydrogen-bond acceptors (Lipinski definition) is 3. The van der Waals surface area contributed by atoms with Gasteiger partial charge < -0.3 is 4.57 Å². The maximum Gasteiger partial charge on any atom is 0.238 e. The Morgan fingerprint density at radius 3 is 0.963 bits per heavy atom.